The Kier molecular flexibility index (Phi) is 6.31. The van der Waals surface area contributed by atoms with E-state index in [0.717, 1.165) is 11.5 Å². The van der Waals surface area contributed by atoms with Crippen LogP contribution < -0.4 is 5.32 Å². The average Bonchev–Trinajstić information content (AvgIpc) is 2.90. The van der Waals surface area contributed by atoms with E-state index in [4.69, 9.17) is 0 Å². The Morgan fingerprint density at radius 1 is 1.36 bits per heavy atom. The highest BCUT2D eigenvalue weighted by atomic mass is 32.2. The van der Waals surface area contributed by atoms with Crippen LogP contribution in [0.4, 0.5) is 0 Å². The first-order valence-corrected chi connectivity index (χ1v) is 8.92. The van der Waals surface area contributed by atoms with Crippen LogP contribution in [0.5, 0.6) is 0 Å². The molecule has 1 aromatic carbocycles. The fraction of sp³-hybridized carbons (Fsp3) is 0.529. The zero-order valence-electron chi connectivity index (χ0n) is 13.2. The number of hydrogen-bond acceptors (Lipinski definition) is 3. The molecule has 1 heterocycles. The Hall–Kier alpha value is -1.49. The van der Waals surface area contributed by atoms with Crippen molar-refractivity contribution >= 4 is 23.6 Å². The third-order valence-electron chi connectivity index (χ3n) is 3.81. The molecule has 0 bridgehead atoms. The maximum absolute atomic E-state index is 12.1. The van der Waals surface area contributed by atoms with Crippen LogP contribution in [0.15, 0.2) is 30.3 Å². The van der Waals surface area contributed by atoms with Crippen molar-refractivity contribution in [1.82, 2.24) is 10.2 Å². The number of carbonyl (C=O) groups is 2. The molecule has 1 N–H and O–H groups in total. The first-order chi connectivity index (χ1) is 10.6. The van der Waals surface area contributed by atoms with Gasteiger partial charge in [0.1, 0.15) is 0 Å². The lowest BCUT2D eigenvalue weighted by Gasteiger charge is -2.20. The normalized spacial score (nSPS) is 18.0. The van der Waals surface area contributed by atoms with Crippen molar-refractivity contribution < 1.29 is 9.59 Å². The molecule has 22 heavy (non-hydrogen) atoms. The Balaban J connectivity index is 1.63. The number of benzene rings is 1. The highest BCUT2D eigenvalue weighted by Crippen LogP contribution is 2.20. The quantitative estimate of drug-likeness (QED) is 0.784. The fourth-order valence-corrected chi connectivity index (χ4v) is 3.38. The second kappa shape index (κ2) is 8.22. The smallest absolute Gasteiger partial charge is 0.225 e. The molecule has 0 aromatic heterocycles. The fourth-order valence-electron chi connectivity index (χ4n) is 2.56. The van der Waals surface area contributed by atoms with Crippen molar-refractivity contribution in [1.29, 1.82) is 0 Å². The van der Waals surface area contributed by atoms with Crippen LogP contribution in [0, 0.1) is 5.92 Å². The summed E-state index contributed by atoms with van der Waals surface area (Å²) in [5.74, 6) is 1.76. The minimum absolute atomic E-state index is 0.0109. The van der Waals surface area contributed by atoms with Gasteiger partial charge >= 0.3 is 0 Å². The number of nitrogens with zero attached hydrogens (tertiary/aromatic N) is 1. The van der Waals surface area contributed by atoms with Gasteiger partial charge in [0.25, 0.3) is 0 Å². The van der Waals surface area contributed by atoms with Crippen LogP contribution in [-0.4, -0.2) is 41.6 Å². The van der Waals surface area contributed by atoms with Gasteiger partial charge < -0.3 is 10.2 Å². The maximum atomic E-state index is 12.1. The average molecular weight is 320 g/mol. The molecule has 2 rings (SSSR count). The summed E-state index contributed by atoms with van der Waals surface area (Å²) in [5.41, 5.74) is 1.30. The molecule has 4 nitrogen and oxygen atoms in total. The number of amides is 2. The van der Waals surface area contributed by atoms with Crippen molar-refractivity contribution in [2.75, 3.05) is 18.8 Å². The van der Waals surface area contributed by atoms with Crippen molar-refractivity contribution in [3.63, 3.8) is 0 Å². The topological polar surface area (TPSA) is 49.4 Å². The minimum Gasteiger partial charge on any atom is -0.355 e. The molecule has 0 spiro atoms. The molecule has 1 aromatic rings. The minimum atomic E-state index is -0.186. The summed E-state index contributed by atoms with van der Waals surface area (Å²) in [6, 6.07) is 10.5. The largest absolute Gasteiger partial charge is 0.355 e. The van der Waals surface area contributed by atoms with Gasteiger partial charge in [-0.25, -0.2) is 0 Å². The second-order valence-electron chi connectivity index (χ2n) is 5.87. The van der Waals surface area contributed by atoms with Crippen LogP contribution in [0.25, 0.3) is 0 Å². The van der Waals surface area contributed by atoms with Gasteiger partial charge in [0.15, 0.2) is 0 Å². The van der Waals surface area contributed by atoms with Gasteiger partial charge in [-0.15, -0.1) is 0 Å². The summed E-state index contributed by atoms with van der Waals surface area (Å²) < 4.78 is 0. The van der Waals surface area contributed by atoms with Crippen LogP contribution in [0.2, 0.25) is 0 Å². The number of hydrogen-bond donors (Lipinski definition) is 1. The van der Waals surface area contributed by atoms with Gasteiger partial charge in [0, 0.05) is 37.1 Å². The van der Waals surface area contributed by atoms with Crippen LogP contribution in [0.1, 0.15) is 25.8 Å². The van der Waals surface area contributed by atoms with E-state index in [-0.39, 0.29) is 23.8 Å². The SMILES string of the molecule is CC(C)N1CC(C(=O)NCCSCc2ccccc2)CC1=O. The first kappa shape index (κ1) is 16.9. The molecule has 1 aliphatic heterocycles. The third kappa shape index (κ3) is 4.77. The van der Waals surface area contributed by atoms with Crippen molar-refractivity contribution in [3.05, 3.63) is 35.9 Å². The molecule has 1 unspecified atom stereocenters. The second-order valence-corrected chi connectivity index (χ2v) is 6.98. The van der Waals surface area contributed by atoms with E-state index in [9.17, 15) is 9.59 Å². The van der Waals surface area contributed by atoms with Gasteiger partial charge in [-0.2, -0.15) is 11.8 Å². The van der Waals surface area contributed by atoms with Crippen LogP contribution in [0.3, 0.4) is 0 Å². The zero-order chi connectivity index (χ0) is 15.9. The van der Waals surface area contributed by atoms with Crippen molar-refractivity contribution in [3.8, 4) is 0 Å². The van der Waals surface area contributed by atoms with E-state index >= 15 is 0 Å². The summed E-state index contributed by atoms with van der Waals surface area (Å²) in [5, 5.41) is 2.95. The molecule has 120 valence electrons. The highest BCUT2D eigenvalue weighted by molar-refractivity contribution is 7.98. The van der Waals surface area contributed by atoms with Crippen molar-refractivity contribution in [2.45, 2.75) is 32.1 Å². The monoisotopic (exact) mass is 320 g/mol. The number of thioether (sulfide) groups is 1. The molecule has 5 heteroatoms. The lowest BCUT2D eigenvalue weighted by atomic mass is 10.1. The maximum Gasteiger partial charge on any atom is 0.225 e. The first-order valence-electron chi connectivity index (χ1n) is 7.76. The predicted octanol–water partition coefficient (Wildman–Crippen LogP) is 2.29. The predicted molar refractivity (Wildman–Crippen MR) is 90.6 cm³/mol. The van der Waals surface area contributed by atoms with Crippen LogP contribution >= 0.6 is 11.8 Å². The zero-order valence-corrected chi connectivity index (χ0v) is 14.1. The summed E-state index contributed by atoms with van der Waals surface area (Å²) >= 11 is 1.80. The number of carbonyl (C=O) groups excluding carboxylic acids is 2. The lowest BCUT2D eigenvalue weighted by molar-refractivity contribution is -0.129. The standard InChI is InChI=1S/C17H24N2O2S/c1-13(2)19-11-15(10-16(19)20)17(21)18-8-9-22-12-14-6-4-3-5-7-14/h3-7,13,15H,8-12H2,1-2H3,(H,18,21). The molecule has 0 saturated carbocycles. The summed E-state index contributed by atoms with van der Waals surface area (Å²) in [6.07, 6.45) is 0.348. The van der Waals surface area contributed by atoms with Gasteiger partial charge in [-0.3, -0.25) is 9.59 Å². The molecular formula is C17H24N2O2S. The van der Waals surface area contributed by atoms with Gasteiger partial charge in [0.2, 0.25) is 11.8 Å². The van der Waals surface area contributed by atoms with Crippen molar-refractivity contribution in [2.24, 2.45) is 5.92 Å². The number of rotatable bonds is 7. The van der Waals surface area contributed by atoms with E-state index in [0.29, 0.717) is 19.5 Å². The Morgan fingerprint density at radius 3 is 2.73 bits per heavy atom. The number of nitrogens with one attached hydrogen (secondary N) is 1. The highest BCUT2D eigenvalue weighted by Gasteiger charge is 2.35. The molecule has 1 saturated heterocycles. The van der Waals surface area contributed by atoms with E-state index in [1.807, 2.05) is 32.0 Å². The molecule has 1 atom stereocenters. The molecule has 0 aliphatic carbocycles. The molecule has 0 radical (unpaired) electrons. The molecule has 2 amide bonds. The van der Waals surface area contributed by atoms with E-state index in [1.54, 1.807) is 16.7 Å². The Morgan fingerprint density at radius 2 is 2.09 bits per heavy atom. The Bertz CT molecular complexity index is 505. The summed E-state index contributed by atoms with van der Waals surface area (Å²) in [7, 11) is 0. The van der Waals surface area contributed by atoms with E-state index in [1.165, 1.54) is 5.56 Å². The molecule has 1 fully saturated rings. The van der Waals surface area contributed by atoms with Gasteiger partial charge in [-0.1, -0.05) is 30.3 Å². The molecule has 1 aliphatic rings. The van der Waals surface area contributed by atoms with Crippen LogP contribution in [-0.2, 0) is 15.3 Å². The third-order valence-corrected chi connectivity index (χ3v) is 4.84. The summed E-state index contributed by atoms with van der Waals surface area (Å²) in [6.45, 7) is 5.18. The van der Waals surface area contributed by atoms with Gasteiger partial charge in [-0.05, 0) is 19.4 Å². The summed E-state index contributed by atoms with van der Waals surface area (Å²) in [4.78, 5) is 25.7. The Labute approximate surface area is 136 Å². The number of likely N-dealkylation sites (tertiary alicyclic amines) is 1. The van der Waals surface area contributed by atoms with E-state index in [2.05, 4.69) is 17.4 Å². The van der Waals surface area contributed by atoms with E-state index < -0.39 is 0 Å². The van der Waals surface area contributed by atoms with Gasteiger partial charge in [0.05, 0.1) is 5.92 Å². The molecular weight excluding hydrogens is 296 g/mol. The lowest BCUT2D eigenvalue weighted by Crippen LogP contribution is -2.36.